The Balaban J connectivity index is 1.89. The highest BCUT2D eigenvalue weighted by molar-refractivity contribution is 5.91. The van der Waals surface area contributed by atoms with Crippen LogP contribution in [-0.4, -0.2) is 122 Å². The molecule has 9 N–H and O–H groups in total. The summed E-state index contributed by atoms with van der Waals surface area (Å²) in [5.41, 5.74) is 5.53. The number of guanidine groups is 1. The molecule has 0 spiro atoms. The molecule has 16 nitrogen and oxygen atoms in total. The zero-order valence-corrected chi connectivity index (χ0v) is 33.4. The fourth-order valence-electron chi connectivity index (χ4n) is 6.79. The van der Waals surface area contributed by atoms with Crippen LogP contribution in [0.25, 0.3) is 0 Å². The van der Waals surface area contributed by atoms with Crippen LogP contribution in [0.1, 0.15) is 79.1 Å². The number of aliphatic hydroxyl groups is 2. The van der Waals surface area contributed by atoms with Gasteiger partial charge in [-0.25, -0.2) is 4.79 Å². The fourth-order valence-corrected chi connectivity index (χ4v) is 6.79. The molecule has 0 aromatic carbocycles. The Morgan fingerprint density at radius 3 is 2.36 bits per heavy atom. The first-order valence-electron chi connectivity index (χ1n) is 18.8. The van der Waals surface area contributed by atoms with Gasteiger partial charge in [-0.3, -0.25) is 15.0 Å². The average molecular weight is 780 g/mol. The van der Waals surface area contributed by atoms with Gasteiger partial charge in [-0.1, -0.05) is 63.3 Å². The smallest absolute Gasteiger partial charge is 0.326 e. The number of ether oxygens (including phenoxy) is 5. The van der Waals surface area contributed by atoms with Crippen LogP contribution in [0.15, 0.2) is 48.6 Å². The Kier molecular flexibility index (Phi) is 19.7. The first-order chi connectivity index (χ1) is 25.9. The molecule has 0 bridgehead atoms. The quantitative estimate of drug-likeness (QED) is 0.0150. The van der Waals surface area contributed by atoms with Crippen LogP contribution in [0, 0.1) is 16.7 Å². The van der Waals surface area contributed by atoms with Crippen molar-refractivity contribution in [2.75, 3.05) is 27.9 Å². The second-order valence-electron chi connectivity index (χ2n) is 14.8. The molecule has 0 saturated carbocycles. The van der Waals surface area contributed by atoms with E-state index in [0.29, 0.717) is 45.1 Å². The maximum Gasteiger partial charge on any atom is 0.326 e. The van der Waals surface area contributed by atoms with Gasteiger partial charge in [-0.2, -0.15) is 0 Å². The number of hydrogen-bond donors (Lipinski definition) is 8. The summed E-state index contributed by atoms with van der Waals surface area (Å²) in [6.07, 6.45) is 8.27. The number of aliphatic hydroxyl groups excluding tert-OH is 2. The van der Waals surface area contributed by atoms with E-state index in [1.54, 1.807) is 19.3 Å². The SMILES string of the molecule is C=C1C[C@](OC)([C@H](O)C(=O)N[C@@H](OC)[C@@H]2C[C@@H](OC)C(C)(C)[C@@H](C[C@H](O)CCC/C=C/C=C/C=C/C(=O)N[C@@H](CCCNC(=N)N)C(=O)O)O2)O[C@H](C)[C@@H]1C. The molecule has 2 saturated heterocycles. The summed E-state index contributed by atoms with van der Waals surface area (Å²) in [5.74, 6) is -4.20. The number of allylic oxidation sites excluding steroid dienone is 5. The van der Waals surface area contributed by atoms with Gasteiger partial charge in [0, 0.05) is 64.5 Å². The van der Waals surface area contributed by atoms with E-state index in [4.69, 9.17) is 34.8 Å². The molecular weight excluding hydrogens is 714 g/mol. The first kappa shape index (κ1) is 47.5. The van der Waals surface area contributed by atoms with Gasteiger partial charge in [-0.05, 0) is 39.0 Å². The minimum atomic E-state index is -1.68. The number of rotatable bonds is 22. The van der Waals surface area contributed by atoms with Crippen molar-refractivity contribution in [3.63, 3.8) is 0 Å². The summed E-state index contributed by atoms with van der Waals surface area (Å²) in [6.45, 7) is 12.3. The lowest BCUT2D eigenvalue weighted by Gasteiger charge is -2.49. The third-order valence-corrected chi connectivity index (χ3v) is 10.5. The minimum Gasteiger partial charge on any atom is -0.480 e. The molecule has 0 aromatic rings. The van der Waals surface area contributed by atoms with Gasteiger partial charge < -0.3 is 60.7 Å². The number of carbonyl (C=O) groups excluding carboxylic acids is 2. The number of amides is 2. The van der Waals surface area contributed by atoms with Crippen LogP contribution >= 0.6 is 0 Å². The number of carbonyl (C=O) groups is 3. The van der Waals surface area contributed by atoms with Crippen LogP contribution in [0.2, 0.25) is 0 Å². The highest BCUT2D eigenvalue weighted by Crippen LogP contribution is 2.42. The van der Waals surface area contributed by atoms with E-state index in [0.717, 1.165) is 5.57 Å². The van der Waals surface area contributed by atoms with Gasteiger partial charge >= 0.3 is 5.97 Å². The molecular formula is C39H65N5O11. The van der Waals surface area contributed by atoms with E-state index in [1.807, 2.05) is 39.8 Å². The second-order valence-corrected chi connectivity index (χ2v) is 14.8. The van der Waals surface area contributed by atoms with Crippen molar-refractivity contribution in [2.24, 2.45) is 17.1 Å². The van der Waals surface area contributed by atoms with Crippen molar-refractivity contribution in [1.29, 1.82) is 5.41 Å². The fraction of sp³-hybridized carbons (Fsp3) is 0.692. The van der Waals surface area contributed by atoms with Gasteiger partial charge in [0.15, 0.2) is 18.3 Å². The molecule has 0 radical (unpaired) electrons. The molecule has 2 rings (SSSR count). The molecule has 0 unspecified atom stereocenters. The van der Waals surface area contributed by atoms with Crippen molar-refractivity contribution in [3.8, 4) is 0 Å². The third-order valence-electron chi connectivity index (χ3n) is 10.5. The zero-order valence-electron chi connectivity index (χ0n) is 33.4. The summed E-state index contributed by atoms with van der Waals surface area (Å²) in [5, 5.41) is 46.5. The van der Waals surface area contributed by atoms with E-state index in [-0.39, 0.29) is 36.9 Å². The van der Waals surface area contributed by atoms with Crippen molar-refractivity contribution < 1.29 is 53.4 Å². The normalized spacial score (nSPS) is 27.8. The third kappa shape index (κ3) is 14.4. The number of carboxylic acid groups (broad SMARTS) is 1. The lowest BCUT2D eigenvalue weighted by Crippen LogP contribution is -2.62. The Morgan fingerprint density at radius 1 is 1.07 bits per heavy atom. The van der Waals surface area contributed by atoms with Crippen LogP contribution in [0.3, 0.4) is 0 Å². The van der Waals surface area contributed by atoms with E-state index in [9.17, 15) is 29.7 Å². The Labute approximate surface area is 325 Å². The van der Waals surface area contributed by atoms with Crippen molar-refractivity contribution in [2.45, 2.75) is 134 Å². The Hall–Kier alpha value is -3.64. The van der Waals surface area contributed by atoms with Gasteiger partial charge in [0.1, 0.15) is 12.1 Å². The maximum absolute atomic E-state index is 13.4. The Bertz CT molecular complexity index is 1370. The lowest BCUT2D eigenvalue weighted by atomic mass is 9.73. The average Bonchev–Trinajstić information content (AvgIpc) is 3.13. The number of carboxylic acids is 1. The van der Waals surface area contributed by atoms with Crippen LogP contribution in [-0.2, 0) is 38.1 Å². The second kappa shape index (κ2) is 22.8. The molecule has 2 amide bonds. The maximum atomic E-state index is 13.4. The molecule has 0 aromatic heterocycles. The van der Waals surface area contributed by atoms with E-state index < -0.39 is 65.7 Å². The van der Waals surface area contributed by atoms with Gasteiger partial charge in [-0.15, -0.1) is 0 Å². The monoisotopic (exact) mass is 779 g/mol. The molecule has 0 aliphatic carbocycles. The number of unbranched alkanes of at least 4 members (excludes halogenated alkanes) is 1. The van der Waals surface area contributed by atoms with Crippen molar-refractivity contribution in [3.05, 3.63) is 48.6 Å². The van der Waals surface area contributed by atoms with E-state index in [2.05, 4.69) is 22.5 Å². The van der Waals surface area contributed by atoms with E-state index >= 15 is 0 Å². The number of methoxy groups -OCH3 is 3. The number of nitrogens with one attached hydrogen (secondary N) is 4. The molecule has 2 heterocycles. The molecule has 312 valence electrons. The zero-order chi connectivity index (χ0) is 41.3. The predicted octanol–water partition coefficient (Wildman–Crippen LogP) is 2.40. The largest absolute Gasteiger partial charge is 0.480 e. The Morgan fingerprint density at radius 2 is 1.76 bits per heavy atom. The lowest BCUT2D eigenvalue weighted by molar-refractivity contribution is -0.298. The van der Waals surface area contributed by atoms with Crippen LogP contribution in [0.4, 0.5) is 0 Å². The summed E-state index contributed by atoms with van der Waals surface area (Å²) in [4.78, 5) is 37.0. The summed E-state index contributed by atoms with van der Waals surface area (Å²) in [7, 11) is 4.44. The number of hydrogen-bond acceptors (Lipinski definition) is 11. The molecule has 55 heavy (non-hydrogen) atoms. The van der Waals surface area contributed by atoms with Crippen molar-refractivity contribution >= 4 is 23.7 Å². The standard InChI is InChI=1S/C39H65N5O11/c1-24-23-39(53-8,55-26(3)25(24)2)33(47)34(48)44-35(52-7)29-22-30(51-6)38(4,5)31(54-29)21-27(45)17-14-12-10-9-11-13-15-19-32(46)43-28(36(49)50)18-16-20-42-37(40)41/h9-11,13,15,19,25-31,33,35,45,47H,1,12,14,16-18,20-23H2,2-8H3,(H,43,46)(H,44,48)(H,49,50)(H4,40,41,42)/b10-9+,13-11+,19-15+/t25-,26-,27-,28+,29+,30-,31-,33-,35+,39-/m1/s1. The topological polar surface area (TPSA) is 244 Å². The highest BCUT2D eigenvalue weighted by atomic mass is 16.7. The minimum absolute atomic E-state index is 0.0293. The summed E-state index contributed by atoms with van der Waals surface area (Å²) < 4.78 is 29.6. The molecule has 2 aliphatic heterocycles. The van der Waals surface area contributed by atoms with Gasteiger partial charge in [0.25, 0.3) is 5.91 Å². The molecule has 10 atom stereocenters. The highest BCUT2D eigenvalue weighted by Gasteiger charge is 2.52. The van der Waals surface area contributed by atoms with Gasteiger partial charge in [0.05, 0.1) is 24.4 Å². The molecule has 2 fully saturated rings. The number of aliphatic carboxylic acids is 1. The van der Waals surface area contributed by atoms with Crippen LogP contribution < -0.4 is 21.7 Å². The number of nitrogens with two attached hydrogens (primary N) is 1. The van der Waals surface area contributed by atoms with Crippen LogP contribution in [0.5, 0.6) is 0 Å². The summed E-state index contributed by atoms with van der Waals surface area (Å²) >= 11 is 0. The predicted molar refractivity (Wildman–Crippen MR) is 207 cm³/mol. The molecule has 16 heteroatoms. The van der Waals surface area contributed by atoms with E-state index in [1.165, 1.54) is 26.4 Å². The van der Waals surface area contributed by atoms with Gasteiger partial charge in [0.2, 0.25) is 11.7 Å². The molecule has 2 aliphatic rings. The first-order valence-corrected chi connectivity index (χ1v) is 18.8. The summed E-state index contributed by atoms with van der Waals surface area (Å²) in [6, 6.07) is -1.06. The van der Waals surface area contributed by atoms with Crippen molar-refractivity contribution in [1.82, 2.24) is 16.0 Å².